The van der Waals surface area contributed by atoms with Crippen LogP contribution in [0.4, 0.5) is 5.82 Å². The van der Waals surface area contributed by atoms with Crippen LogP contribution >= 0.6 is 11.6 Å². The van der Waals surface area contributed by atoms with Gasteiger partial charge >= 0.3 is 0 Å². The molecule has 0 radical (unpaired) electrons. The minimum Gasteiger partial charge on any atom is -0.293 e. The van der Waals surface area contributed by atoms with E-state index < -0.39 is 0 Å². The lowest BCUT2D eigenvalue weighted by molar-refractivity contribution is -0.117. The van der Waals surface area contributed by atoms with Gasteiger partial charge in [0.1, 0.15) is 16.8 Å². The highest BCUT2D eigenvalue weighted by Gasteiger charge is 2.41. The van der Waals surface area contributed by atoms with Crippen LogP contribution in [0.2, 0.25) is 5.15 Å². The molecule has 1 aromatic heterocycles. The van der Waals surface area contributed by atoms with E-state index in [0.29, 0.717) is 23.4 Å². The van der Waals surface area contributed by atoms with Crippen LogP contribution in [0.1, 0.15) is 24.2 Å². The molecule has 1 amide bonds. The fraction of sp³-hybridized carbons (Fsp3) is 0.500. The molecule has 0 spiro atoms. The number of aromatic nitrogens is 2. The standard InChI is InChI=1S/C10H10ClN3O/c1-5-12-9(11)7-4-8(15)14(6-2-3-6)10(7)13-5/h6H,2-4H2,1H3. The Bertz CT molecular complexity index is 456. The molecule has 15 heavy (non-hydrogen) atoms. The lowest BCUT2D eigenvalue weighted by Gasteiger charge is -2.15. The van der Waals surface area contributed by atoms with E-state index in [4.69, 9.17) is 11.6 Å². The summed E-state index contributed by atoms with van der Waals surface area (Å²) in [6.07, 6.45) is 2.50. The number of anilines is 1. The molecule has 0 unspecified atom stereocenters. The zero-order valence-corrected chi connectivity index (χ0v) is 9.08. The van der Waals surface area contributed by atoms with Crippen LogP contribution in [-0.4, -0.2) is 21.9 Å². The van der Waals surface area contributed by atoms with Crippen LogP contribution in [0.5, 0.6) is 0 Å². The predicted octanol–water partition coefficient (Wildman–Crippen LogP) is 1.49. The molecular weight excluding hydrogens is 214 g/mol. The quantitative estimate of drug-likeness (QED) is 0.678. The molecule has 0 atom stereocenters. The number of nitrogens with zero attached hydrogens (tertiary/aromatic N) is 3. The number of aryl methyl sites for hydroxylation is 1. The molecule has 0 saturated heterocycles. The highest BCUT2D eigenvalue weighted by Crippen LogP contribution is 2.39. The number of rotatable bonds is 1. The van der Waals surface area contributed by atoms with Crippen LogP contribution in [-0.2, 0) is 11.2 Å². The molecule has 5 heteroatoms. The highest BCUT2D eigenvalue weighted by molar-refractivity contribution is 6.31. The fourth-order valence-corrected chi connectivity index (χ4v) is 2.24. The third-order valence-electron chi connectivity index (χ3n) is 2.78. The van der Waals surface area contributed by atoms with E-state index >= 15 is 0 Å². The fourth-order valence-electron chi connectivity index (χ4n) is 1.96. The van der Waals surface area contributed by atoms with Crippen molar-refractivity contribution in [3.63, 3.8) is 0 Å². The molecule has 78 valence electrons. The summed E-state index contributed by atoms with van der Waals surface area (Å²) < 4.78 is 0. The summed E-state index contributed by atoms with van der Waals surface area (Å²) in [6, 6.07) is 0.351. The minimum atomic E-state index is 0.106. The predicted molar refractivity (Wildman–Crippen MR) is 56.0 cm³/mol. The maximum absolute atomic E-state index is 11.8. The van der Waals surface area contributed by atoms with Gasteiger partial charge < -0.3 is 0 Å². The minimum absolute atomic E-state index is 0.106. The molecule has 3 rings (SSSR count). The first-order valence-electron chi connectivity index (χ1n) is 5.02. The van der Waals surface area contributed by atoms with E-state index in [2.05, 4.69) is 9.97 Å². The van der Waals surface area contributed by atoms with E-state index in [0.717, 1.165) is 24.2 Å². The summed E-state index contributed by atoms with van der Waals surface area (Å²) in [6.45, 7) is 1.79. The summed E-state index contributed by atoms with van der Waals surface area (Å²) in [5.41, 5.74) is 0.791. The van der Waals surface area contributed by atoms with E-state index in [1.807, 2.05) is 0 Å². The number of hydrogen-bond acceptors (Lipinski definition) is 3. The Hall–Kier alpha value is -1.16. The number of halogens is 1. The maximum Gasteiger partial charge on any atom is 0.233 e. The van der Waals surface area contributed by atoms with Gasteiger partial charge in [0, 0.05) is 11.6 Å². The van der Waals surface area contributed by atoms with Gasteiger partial charge in [-0.25, -0.2) is 9.97 Å². The van der Waals surface area contributed by atoms with Crippen molar-refractivity contribution in [1.82, 2.24) is 9.97 Å². The molecule has 1 aliphatic carbocycles. The van der Waals surface area contributed by atoms with Crippen molar-refractivity contribution in [2.75, 3.05) is 4.90 Å². The molecule has 2 heterocycles. The SMILES string of the molecule is Cc1nc(Cl)c2c(n1)N(C1CC1)C(=O)C2. The Morgan fingerprint density at radius 1 is 1.40 bits per heavy atom. The third kappa shape index (κ3) is 1.32. The van der Waals surface area contributed by atoms with E-state index in [1.165, 1.54) is 0 Å². The second kappa shape index (κ2) is 2.92. The zero-order valence-electron chi connectivity index (χ0n) is 8.33. The van der Waals surface area contributed by atoms with Crippen LogP contribution in [0, 0.1) is 6.92 Å². The van der Waals surface area contributed by atoms with Crippen LogP contribution in [0.15, 0.2) is 0 Å². The first-order valence-corrected chi connectivity index (χ1v) is 5.39. The van der Waals surface area contributed by atoms with Gasteiger partial charge in [0.15, 0.2) is 0 Å². The van der Waals surface area contributed by atoms with Gasteiger partial charge in [0.25, 0.3) is 0 Å². The Morgan fingerprint density at radius 2 is 2.13 bits per heavy atom. The van der Waals surface area contributed by atoms with Gasteiger partial charge in [-0.3, -0.25) is 9.69 Å². The van der Waals surface area contributed by atoms with Gasteiger partial charge in [-0.05, 0) is 19.8 Å². The maximum atomic E-state index is 11.8. The largest absolute Gasteiger partial charge is 0.293 e. The van der Waals surface area contributed by atoms with E-state index in [-0.39, 0.29) is 5.91 Å². The topological polar surface area (TPSA) is 46.1 Å². The van der Waals surface area contributed by atoms with Crippen molar-refractivity contribution in [1.29, 1.82) is 0 Å². The smallest absolute Gasteiger partial charge is 0.233 e. The van der Waals surface area contributed by atoms with Gasteiger partial charge in [-0.2, -0.15) is 0 Å². The van der Waals surface area contributed by atoms with Crippen molar-refractivity contribution < 1.29 is 4.79 Å². The second-order valence-corrected chi connectivity index (χ2v) is 4.39. The number of hydrogen-bond donors (Lipinski definition) is 0. The Labute approximate surface area is 92.3 Å². The lowest BCUT2D eigenvalue weighted by Crippen LogP contribution is -2.29. The van der Waals surface area contributed by atoms with Crippen molar-refractivity contribution in [2.24, 2.45) is 0 Å². The molecule has 0 N–H and O–H groups in total. The van der Waals surface area contributed by atoms with Crippen LogP contribution in [0.25, 0.3) is 0 Å². The first-order chi connectivity index (χ1) is 7.16. The Balaban J connectivity index is 2.14. The first kappa shape index (κ1) is 9.09. The molecule has 1 fully saturated rings. The molecule has 1 aromatic rings. The summed E-state index contributed by atoms with van der Waals surface area (Å²) in [5.74, 6) is 1.47. The molecule has 0 bridgehead atoms. The van der Waals surface area contributed by atoms with Crippen LogP contribution < -0.4 is 4.90 Å². The van der Waals surface area contributed by atoms with E-state index in [1.54, 1.807) is 11.8 Å². The second-order valence-electron chi connectivity index (χ2n) is 4.04. The molecule has 4 nitrogen and oxygen atoms in total. The molecule has 0 aromatic carbocycles. The molecule has 1 saturated carbocycles. The van der Waals surface area contributed by atoms with Crippen molar-refractivity contribution in [3.8, 4) is 0 Å². The monoisotopic (exact) mass is 223 g/mol. The van der Waals surface area contributed by atoms with Crippen molar-refractivity contribution >= 4 is 23.3 Å². The number of amides is 1. The van der Waals surface area contributed by atoms with Gasteiger partial charge in [-0.15, -0.1) is 0 Å². The molecular formula is C10H10ClN3O. The molecule has 2 aliphatic rings. The summed E-state index contributed by atoms with van der Waals surface area (Å²) in [5, 5.41) is 0.425. The summed E-state index contributed by atoms with van der Waals surface area (Å²) in [7, 11) is 0. The van der Waals surface area contributed by atoms with Crippen LogP contribution in [0.3, 0.4) is 0 Å². The van der Waals surface area contributed by atoms with Gasteiger partial charge in [0.2, 0.25) is 5.91 Å². The summed E-state index contributed by atoms with van der Waals surface area (Å²) >= 11 is 6.00. The Kier molecular flexibility index (Phi) is 1.77. The summed E-state index contributed by atoms with van der Waals surface area (Å²) in [4.78, 5) is 21.9. The zero-order chi connectivity index (χ0) is 10.6. The van der Waals surface area contributed by atoms with Gasteiger partial charge in [-0.1, -0.05) is 11.6 Å². The average molecular weight is 224 g/mol. The normalized spacial score (nSPS) is 19.6. The number of carbonyl (C=O) groups excluding carboxylic acids is 1. The van der Waals surface area contributed by atoms with E-state index in [9.17, 15) is 4.79 Å². The van der Waals surface area contributed by atoms with Gasteiger partial charge in [0.05, 0.1) is 6.42 Å². The number of carbonyl (C=O) groups is 1. The lowest BCUT2D eigenvalue weighted by atomic mass is 10.3. The Morgan fingerprint density at radius 3 is 2.80 bits per heavy atom. The van der Waals surface area contributed by atoms with Crippen molar-refractivity contribution in [3.05, 3.63) is 16.5 Å². The number of fused-ring (bicyclic) bond motifs is 1. The van der Waals surface area contributed by atoms with Crippen molar-refractivity contribution in [2.45, 2.75) is 32.2 Å². The highest BCUT2D eigenvalue weighted by atomic mass is 35.5. The molecule has 1 aliphatic heterocycles. The third-order valence-corrected chi connectivity index (χ3v) is 3.10. The average Bonchev–Trinajstić information content (AvgIpc) is 2.91.